The van der Waals surface area contributed by atoms with Gasteiger partial charge in [-0.25, -0.2) is 0 Å². The summed E-state index contributed by atoms with van der Waals surface area (Å²) in [4.78, 5) is 0. The maximum absolute atomic E-state index is 2.60. The molecule has 0 heterocycles. The third kappa shape index (κ3) is 5.64. The van der Waals surface area contributed by atoms with Crippen molar-refractivity contribution in [2.75, 3.05) is 0 Å². The Morgan fingerprint density at radius 1 is 0.356 bits per heavy atom. The molecule has 0 N–H and O–H groups in total. The van der Waals surface area contributed by atoms with Gasteiger partial charge in [-0.3, -0.25) is 0 Å². The second-order valence-electron chi connectivity index (χ2n) is 13.0. The fourth-order valence-corrected chi connectivity index (χ4v) is 12.6. The van der Waals surface area contributed by atoms with Gasteiger partial charge >= 0.3 is 0 Å². The van der Waals surface area contributed by atoms with Crippen LogP contribution in [-0.2, 0) is 0 Å². The maximum atomic E-state index is 2.45. The summed E-state index contributed by atoms with van der Waals surface area (Å²) in [6.45, 7) is 15.9. The van der Waals surface area contributed by atoms with Crippen molar-refractivity contribution in [3.63, 3.8) is 0 Å². The largest absolute Gasteiger partial charge is 0.242 e. The van der Waals surface area contributed by atoms with Gasteiger partial charge < -0.3 is 0 Å². The monoisotopic (exact) mass is 598 g/mol. The van der Waals surface area contributed by atoms with Crippen LogP contribution >= 0.6 is 0 Å². The molecule has 0 aliphatic rings. The second kappa shape index (κ2) is 12.5. The van der Waals surface area contributed by atoms with Crippen LogP contribution in [0.5, 0.6) is 0 Å². The van der Waals surface area contributed by atoms with E-state index in [1.165, 1.54) is 76.1 Å². The molecule has 0 aromatic heterocycles. The normalized spacial score (nSPS) is 11.4. The molecule has 0 fully saturated rings. The van der Waals surface area contributed by atoms with E-state index in [0.29, 0.717) is 0 Å². The summed E-state index contributed by atoms with van der Waals surface area (Å²) in [7, 11) is -2.60. The predicted molar refractivity (Wildman–Crippen MR) is 201 cm³/mol. The van der Waals surface area contributed by atoms with Gasteiger partial charge in [0.2, 0.25) is 6.71 Å². The molecule has 0 aliphatic heterocycles. The van der Waals surface area contributed by atoms with Gasteiger partial charge in [-0.1, -0.05) is 189 Å². The van der Waals surface area contributed by atoms with Crippen molar-refractivity contribution in [2.24, 2.45) is 0 Å². The first kappa shape index (κ1) is 30.6. The standard InChI is InChI=1S/C43H43BSi/c1-30-18-22-40(23-19-30)45(38-14-10-8-11-15-38,39-16-12-9-13-17-39)41-24-20-37(21-25-41)44(42-33(4)26-31(2)27-34(42)5)43-35(6)28-32(3)29-36(43)7/h8-29H,1-7H3. The summed E-state index contributed by atoms with van der Waals surface area (Å²) in [6.07, 6.45) is 0. The minimum Gasteiger partial charge on any atom is -0.0686 e. The lowest BCUT2D eigenvalue weighted by Crippen LogP contribution is -2.74. The molecular weight excluding hydrogens is 555 g/mol. The summed E-state index contributed by atoms with van der Waals surface area (Å²) < 4.78 is 0. The topological polar surface area (TPSA) is 0 Å². The van der Waals surface area contributed by atoms with Crippen molar-refractivity contribution in [3.8, 4) is 0 Å². The molecule has 0 bridgehead atoms. The molecule has 0 aliphatic carbocycles. The Morgan fingerprint density at radius 3 is 1.07 bits per heavy atom. The van der Waals surface area contributed by atoms with Crippen molar-refractivity contribution >= 4 is 51.9 Å². The molecule has 0 saturated heterocycles. The number of hydrogen-bond acceptors (Lipinski definition) is 0. The van der Waals surface area contributed by atoms with E-state index in [-0.39, 0.29) is 6.71 Å². The summed E-state index contributed by atoms with van der Waals surface area (Å²) in [5.74, 6) is 0. The van der Waals surface area contributed by atoms with Crippen LogP contribution in [0.2, 0.25) is 0 Å². The van der Waals surface area contributed by atoms with Crippen LogP contribution < -0.4 is 37.1 Å². The zero-order chi connectivity index (χ0) is 31.7. The average Bonchev–Trinajstić information content (AvgIpc) is 3.02. The number of aryl methyl sites for hydroxylation is 7. The molecule has 6 aromatic rings. The predicted octanol–water partition coefficient (Wildman–Crippen LogP) is 5.74. The van der Waals surface area contributed by atoms with Gasteiger partial charge in [0.25, 0.3) is 0 Å². The third-order valence-electron chi connectivity index (χ3n) is 9.63. The molecule has 45 heavy (non-hydrogen) atoms. The highest BCUT2D eigenvalue weighted by Crippen LogP contribution is 2.14. The van der Waals surface area contributed by atoms with Gasteiger partial charge in [-0.2, -0.15) is 0 Å². The molecule has 6 rings (SSSR count). The highest BCUT2D eigenvalue weighted by Gasteiger charge is 2.41. The van der Waals surface area contributed by atoms with Gasteiger partial charge in [-0.05, 0) is 69.2 Å². The highest BCUT2D eigenvalue weighted by atomic mass is 28.3. The Kier molecular flexibility index (Phi) is 8.53. The van der Waals surface area contributed by atoms with Gasteiger partial charge in [0, 0.05) is 0 Å². The number of rotatable bonds is 7. The van der Waals surface area contributed by atoms with Gasteiger partial charge in [0.1, 0.15) is 0 Å². The lowest BCUT2D eigenvalue weighted by molar-refractivity contribution is 1.34. The van der Waals surface area contributed by atoms with E-state index in [2.05, 4.69) is 182 Å². The smallest absolute Gasteiger partial charge is 0.0686 e. The quantitative estimate of drug-likeness (QED) is 0.163. The highest BCUT2D eigenvalue weighted by molar-refractivity contribution is 7.20. The Morgan fingerprint density at radius 2 is 0.689 bits per heavy atom. The van der Waals surface area contributed by atoms with Crippen LogP contribution in [0.3, 0.4) is 0 Å². The van der Waals surface area contributed by atoms with Crippen LogP contribution in [0, 0.1) is 48.5 Å². The molecule has 6 aromatic carbocycles. The van der Waals surface area contributed by atoms with Gasteiger partial charge in [-0.15, -0.1) is 0 Å². The van der Waals surface area contributed by atoms with E-state index in [1.54, 1.807) is 0 Å². The van der Waals surface area contributed by atoms with Crippen molar-refractivity contribution in [1.82, 2.24) is 0 Å². The second-order valence-corrected chi connectivity index (χ2v) is 16.8. The van der Waals surface area contributed by atoms with Crippen molar-refractivity contribution < 1.29 is 0 Å². The lowest BCUT2D eigenvalue weighted by Gasteiger charge is -2.35. The molecular formula is C43H43BSi. The molecule has 0 atom stereocenters. The first-order valence-corrected chi connectivity index (χ1v) is 18.1. The average molecular weight is 599 g/mol. The summed E-state index contributed by atoms with van der Waals surface area (Å²) in [6, 6.07) is 50.9. The van der Waals surface area contributed by atoms with E-state index in [9.17, 15) is 0 Å². The molecule has 0 unspecified atom stereocenters. The van der Waals surface area contributed by atoms with Crippen LogP contribution in [0.15, 0.2) is 133 Å². The zero-order valence-corrected chi connectivity index (χ0v) is 28.8. The molecule has 2 heteroatoms. The minimum absolute atomic E-state index is 0.157. The fourth-order valence-electron chi connectivity index (χ4n) is 7.88. The van der Waals surface area contributed by atoms with Gasteiger partial charge in [0.15, 0.2) is 8.07 Å². The summed E-state index contributed by atoms with van der Waals surface area (Å²) in [5.41, 5.74) is 13.6. The zero-order valence-electron chi connectivity index (χ0n) is 27.8. The van der Waals surface area contributed by atoms with Crippen molar-refractivity contribution in [3.05, 3.63) is 172 Å². The number of hydrogen-bond donors (Lipinski definition) is 0. The first-order valence-electron chi connectivity index (χ1n) is 16.1. The van der Waals surface area contributed by atoms with Gasteiger partial charge in [0.05, 0.1) is 0 Å². The number of benzene rings is 6. The minimum atomic E-state index is -2.60. The maximum Gasteiger partial charge on any atom is 0.242 e. The Balaban J connectivity index is 1.62. The van der Waals surface area contributed by atoms with E-state index in [1.807, 2.05) is 0 Å². The van der Waals surface area contributed by atoms with Crippen molar-refractivity contribution in [1.29, 1.82) is 0 Å². The molecule has 0 spiro atoms. The van der Waals surface area contributed by atoms with Crippen LogP contribution in [0.4, 0.5) is 0 Å². The van der Waals surface area contributed by atoms with Crippen molar-refractivity contribution in [2.45, 2.75) is 48.5 Å². The lowest BCUT2D eigenvalue weighted by atomic mass is 9.34. The van der Waals surface area contributed by atoms with E-state index in [4.69, 9.17) is 0 Å². The molecule has 0 saturated carbocycles. The third-order valence-corrected chi connectivity index (χ3v) is 14.4. The van der Waals surface area contributed by atoms with Crippen LogP contribution in [-0.4, -0.2) is 14.8 Å². The fraction of sp³-hybridized carbons (Fsp3) is 0.163. The van der Waals surface area contributed by atoms with Crippen LogP contribution in [0.1, 0.15) is 38.9 Å². The molecule has 0 nitrogen and oxygen atoms in total. The molecule has 0 amide bonds. The van der Waals surface area contributed by atoms with E-state index >= 15 is 0 Å². The summed E-state index contributed by atoms with van der Waals surface area (Å²) in [5, 5.41) is 5.62. The Hall–Kier alpha value is -4.40. The molecule has 222 valence electrons. The molecule has 0 radical (unpaired) electrons. The summed E-state index contributed by atoms with van der Waals surface area (Å²) >= 11 is 0. The van der Waals surface area contributed by atoms with E-state index in [0.717, 1.165) is 0 Å². The van der Waals surface area contributed by atoms with E-state index < -0.39 is 8.07 Å². The Bertz CT molecular complexity index is 1800. The SMILES string of the molecule is Cc1ccc([Si](c2ccccc2)(c2ccccc2)c2ccc(B(c3c(C)cc(C)cc3C)c3c(C)cc(C)cc3C)cc2)cc1. The Labute approximate surface area is 271 Å². The van der Waals surface area contributed by atoms with Crippen LogP contribution in [0.25, 0.3) is 0 Å². The first-order chi connectivity index (χ1) is 21.7.